The molecule has 1 aliphatic rings. The molecule has 1 N–H and O–H groups in total. The first-order chi connectivity index (χ1) is 7.75. The Morgan fingerprint density at radius 2 is 2.12 bits per heavy atom. The van der Waals surface area contributed by atoms with Crippen LogP contribution in [-0.4, -0.2) is 29.1 Å². The number of carboxylic acids is 1. The summed E-state index contributed by atoms with van der Waals surface area (Å²) in [5.41, 5.74) is 1.57. The summed E-state index contributed by atoms with van der Waals surface area (Å²) < 4.78 is 0. The highest BCUT2D eigenvalue weighted by Crippen LogP contribution is 2.18. The van der Waals surface area contributed by atoms with Crippen LogP contribution in [0.5, 0.6) is 0 Å². The number of rotatable bonds is 1. The molecule has 0 aliphatic carbocycles. The molecule has 2 heterocycles. The van der Waals surface area contributed by atoms with Gasteiger partial charge in [-0.15, -0.1) is 0 Å². The van der Waals surface area contributed by atoms with Gasteiger partial charge in [-0.05, 0) is 30.9 Å². The number of aliphatic carboxylic acids is 1. The molecule has 1 aromatic heterocycles. The lowest BCUT2D eigenvalue weighted by Crippen LogP contribution is -2.17. The van der Waals surface area contributed by atoms with Crippen molar-refractivity contribution < 1.29 is 9.90 Å². The summed E-state index contributed by atoms with van der Waals surface area (Å²) in [4.78, 5) is 16.6. The summed E-state index contributed by atoms with van der Waals surface area (Å²) in [6.07, 6.45) is 4.19. The normalized spacial score (nSPS) is 14.4. The van der Waals surface area contributed by atoms with Crippen LogP contribution >= 0.6 is 0 Å². The smallest absolute Gasteiger partial charge is 0.382 e. The van der Waals surface area contributed by atoms with E-state index in [4.69, 9.17) is 5.11 Å². The molecule has 0 amide bonds. The summed E-state index contributed by atoms with van der Waals surface area (Å²) in [5, 5.41) is 8.39. The van der Waals surface area contributed by atoms with E-state index >= 15 is 0 Å². The maximum atomic E-state index is 10.2. The van der Waals surface area contributed by atoms with Gasteiger partial charge in [0.05, 0.1) is 11.9 Å². The number of aromatic nitrogens is 1. The molecule has 0 radical (unpaired) electrons. The minimum atomic E-state index is -1.13. The molecule has 0 atom stereocenters. The van der Waals surface area contributed by atoms with E-state index in [1.54, 1.807) is 12.3 Å². The zero-order valence-corrected chi connectivity index (χ0v) is 8.81. The number of nitrogens with zero attached hydrogens (tertiary/aromatic N) is 2. The van der Waals surface area contributed by atoms with Gasteiger partial charge in [-0.1, -0.05) is 0 Å². The van der Waals surface area contributed by atoms with Crippen molar-refractivity contribution in [2.75, 3.05) is 18.0 Å². The molecule has 1 aromatic rings. The number of pyridine rings is 1. The second-order valence-electron chi connectivity index (χ2n) is 3.65. The van der Waals surface area contributed by atoms with Crippen molar-refractivity contribution in [3.63, 3.8) is 0 Å². The second kappa shape index (κ2) is 4.67. The van der Waals surface area contributed by atoms with Crippen molar-refractivity contribution in [1.29, 1.82) is 0 Å². The largest absolute Gasteiger partial charge is 0.472 e. The van der Waals surface area contributed by atoms with E-state index in [1.807, 2.05) is 12.0 Å². The van der Waals surface area contributed by atoms with E-state index in [1.165, 1.54) is 12.8 Å². The molecule has 1 aliphatic heterocycles. The molecule has 0 saturated carbocycles. The van der Waals surface area contributed by atoms with Crippen molar-refractivity contribution in [3.8, 4) is 11.8 Å². The first kappa shape index (κ1) is 10.5. The van der Waals surface area contributed by atoms with E-state index in [2.05, 4.69) is 15.8 Å². The molecule has 82 valence electrons. The van der Waals surface area contributed by atoms with Gasteiger partial charge < -0.3 is 10.0 Å². The predicted molar refractivity (Wildman–Crippen MR) is 60.2 cm³/mol. The molecule has 0 aromatic carbocycles. The van der Waals surface area contributed by atoms with Crippen LogP contribution in [0.15, 0.2) is 18.3 Å². The lowest BCUT2D eigenvalue weighted by molar-refractivity contribution is -0.130. The lowest BCUT2D eigenvalue weighted by atomic mass is 10.3. The zero-order valence-electron chi connectivity index (χ0n) is 8.81. The van der Waals surface area contributed by atoms with Gasteiger partial charge in [-0.25, -0.2) is 9.78 Å². The van der Waals surface area contributed by atoms with Gasteiger partial charge in [0.15, 0.2) is 0 Å². The molecule has 1 fully saturated rings. The van der Waals surface area contributed by atoms with E-state index in [9.17, 15) is 4.79 Å². The van der Waals surface area contributed by atoms with E-state index in [-0.39, 0.29) is 0 Å². The maximum absolute atomic E-state index is 10.2. The van der Waals surface area contributed by atoms with Crippen LogP contribution in [0, 0.1) is 11.8 Å². The van der Waals surface area contributed by atoms with Gasteiger partial charge in [0.25, 0.3) is 0 Å². The summed E-state index contributed by atoms with van der Waals surface area (Å²) >= 11 is 0. The molecule has 0 unspecified atom stereocenters. The fourth-order valence-corrected chi connectivity index (χ4v) is 1.74. The highest BCUT2D eigenvalue weighted by molar-refractivity contribution is 5.87. The fraction of sp³-hybridized carbons (Fsp3) is 0.333. The Kier molecular flexibility index (Phi) is 3.06. The Hall–Kier alpha value is -2.02. The second-order valence-corrected chi connectivity index (χ2v) is 3.65. The average Bonchev–Trinajstić information content (AvgIpc) is 2.80. The Bertz CT molecular complexity index is 436. The first-order valence-electron chi connectivity index (χ1n) is 5.21. The molecule has 16 heavy (non-hydrogen) atoms. The monoisotopic (exact) mass is 216 g/mol. The Morgan fingerprint density at radius 1 is 1.38 bits per heavy atom. The van der Waals surface area contributed by atoms with Crippen LogP contribution in [0.2, 0.25) is 0 Å². The summed E-state index contributed by atoms with van der Waals surface area (Å²) in [6.45, 7) is 2.14. The number of carboxylic acid groups (broad SMARTS) is 1. The van der Waals surface area contributed by atoms with E-state index in [0.29, 0.717) is 5.69 Å². The number of carbonyl (C=O) groups is 1. The molecule has 0 spiro atoms. The standard InChI is InChI=1S/C12H12N2O2/c15-12(16)6-4-10-3-5-11(9-13-10)14-7-1-2-8-14/h3,5,9H,1-2,7-8H2,(H,15,16). The number of hydrogen-bond acceptors (Lipinski definition) is 3. The van der Waals surface area contributed by atoms with Crippen LogP contribution in [0.3, 0.4) is 0 Å². The van der Waals surface area contributed by atoms with Crippen LogP contribution in [0.1, 0.15) is 18.5 Å². The molecule has 4 heteroatoms. The SMILES string of the molecule is O=C(O)C#Cc1ccc(N2CCCC2)cn1. The molecule has 2 rings (SSSR count). The van der Waals surface area contributed by atoms with Gasteiger partial charge in [-0.3, -0.25) is 0 Å². The average molecular weight is 216 g/mol. The van der Waals surface area contributed by atoms with E-state index < -0.39 is 5.97 Å². The topological polar surface area (TPSA) is 53.4 Å². The summed E-state index contributed by atoms with van der Waals surface area (Å²) in [6, 6.07) is 3.69. The Balaban J connectivity index is 2.10. The van der Waals surface area contributed by atoms with Crippen molar-refractivity contribution in [2.24, 2.45) is 0 Å². The number of anilines is 1. The number of hydrogen-bond donors (Lipinski definition) is 1. The van der Waals surface area contributed by atoms with Crippen LogP contribution in [0.25, 0.3) is 0 Å². The highest BCUT2D eigenvalue weighted by Gasteiger charge is 2.11. The van der Waals surface area contributed by atoms with Crippen molar-refractivity contribution in [2.45, 2.75) is 12.8 Å². The van der Waals surface area contributed by atoms with Crippen LogP contribution in [0.4, 0.5) is 5.69 Å². The lowest BCUT2D eigenvalue weighted by Gasteiger charge is -2.16. The third kappa shape index (κ3) is 2.51. The third-order valence-electron chi connectivity index (χ3n) is 2.52. The van der Waals surface area contributed by atoms with Gasteiger partial charge in [0, 0.05) is 19.0 Å². The quantitative estimate of drug-likeness (QED) is 0.715. The maximum Gasteiger partial charge on any atom is 0.382 e. The van der Waals surface area contributed by atoms with E-state index in [0.717, 1.165) is 18.8 Å². The Morgan fingerprint density at radius 3 is 2.69 bits per heavy atom. The molecular formula is C12H12N2O2. The van der Waals surface area contributed by atoms with Gasteiger partial charge >= 0.3 is 5.97 Å². The molecule has 0 bridgehead atoms. The third-order valence-corrected chi connectivity index (χ3v) is 2.52. The molecule has 1 saturated heterocycles. The molecular weight excluding hydrogens is 204 g/mol. The summed E-state index contributed by atoms with van der Waals surface area (Å²) in [7, 11) is 0. The van der Waals surface area contributed by atoms with Crippen LogP contribution in [-0.2, 0) is 4.79 Å². The Labute approximate surface area is 93.9 Å². The van der Waals surface area contributed by atoms with Crippen molar-refractivity contribution >= 4 is 11.7 Å². The zero-order chi connectivity index (χ0) is 11.4. The summed E-state index contributed by atoms with van der Waals surface area (Å²) in [5.74, 6) is 3.39. The van der Waals surface area contributed by atoms with Crippen molar-refractivity contribution in [1.82, 2.24) is 4.98 Å². The fourth-order valence-electron chi connectivity index (χ4n) is 1.74. The van der Waals surface area contributed by atoms with Gasteiger partial charge in [0.2, 0.25) is 0 Å². The molecule has 4 nitrogen and oxygen atoms in total. The first-order valence-corrected chi connectivity index (χ1v) is 5.21. The highest BCUT2D eigenvalue weighted by atomic mass is 16.4. The van der Waals surface area contributed by atoms with Gasteiger partial charge in [0.1, 0.15) is 5.69 Å². The predicted octanol–water partition coefficient (Wildman–Crippen LogP) is 1.12. The minimum absolute atomic E-state index is 0.491. The van der Waals surface area contributed by atoms with Gasteiger partial charge in [-0.2, -0.15) is 0 Å². The van der Waals surface area contributed by atoms with Crippen LogP contribution < -0.4 is 4.90 Å². The minimum Gasteiger partial charge on any atom is -0.472 e. The van der Waals surface area contributed by atoms with Crippen molar-refractivity contribution in [3.05, 3.63) is 24.0 Å².